The molecule has 0 N–H and O–H groups in total. The molecule has 0 radical (unpaired) electrons. The van der Waals surface area contributed by atoms with E-state index in [1.165, 1.54) is 12.1 Å². The number of fused-ring (bicyclic) bond motifs is 1. The highest BCUT2D eigenvalue weighted by Crippen LogP contribution is 2.44. The smallest absolute Gasteiger partial charge is 0.338 e. The number of halogens is 1. The lowest BCUT2D eigenvalue weighted by molar-refractivity contribution is -0.146. The highest BCUT2D eigenvalue weighted by molar-refractivity contribution is 6.09. The van der Waals surface area contributed by atoms with Gasteiger partial charge in [-0.1, -0.05) is 24.3 Å². The van der Waals surface area contributed by atoms with E-state index in [0.29, 0.717) is 5.56 Å². The highest BCUT2D eigenvalue weighted by atomic mass is 19.1. The van der Waals surface area contributed by atoms with Crippen LogP contribution >= 0.6 is 0 Å². The summed E-state index contributed by atoms with van der Waals surface area (Å²) in [5.41, 5.74) is -1.90. The third-order valence-corrected chi connectivity index (χ3v) is 3.05. The lowest BCUT2D eigenvalue weighted by Crippen LogP contribution is -2.34. The molecule has 0 spiro atoms. The largest absolute Gasteiger partial charge is 0.460 e. The fourth-order valence-corrected chi connectivity index (χ4v) is 2.19. The maximum absolute atomic E-state index is 15.1. The third-order valence-electron chi connectivity index (χ3n) is 3.05. The molecule has 1 aromatic rings. The Bertz CT molecular complexity index is 575. The number of alkyl halides is 1. The number of ketones is 1. The molecule has 0 aliphatic heterocycles. The monoisotopic (exact) mass is 262 g/mol. The molecule has 4 heteroatoms. The van der Waals surface area contributed by atoms with Gasteiger partial charge in [0.2, 0.25) is 5.67 Å². The van der Waals surface area contributed by atoms with Crippen LogP contribution in [0.3, 0.4) is 0 Å². The van der Waals surface area contributed by atoms with Gasteiger partial charge in [-0.3, -0.25) is 4.79 Å². The minimum Gasteiger partial charge on any atom is -0.460 e. The number of hydrogen-bond acceptors (Lipinski definition) is 3. The molecule has 1 aromatic carbocycles. The SMILES string of the molecule is CC(=O)C1(F)C(C(=O)OC(C)C)=Cc2ccccc21. The molecule has 19 heavy (non-hydrogen) atoms. The Kier molecular flexibility index (Phi) is 3.27. The van der Waals surface area contributed by atoms with Crippen LogP contribution in [0.2, 0.25) is 0 Å². The summed E-state index contributed by atoms with van der Waals surface area (Å²) in [6.45, 7) is 4.49. The minimum absolute atomic E-state index is 0.207. The van der Waals surface area contributed by atoms with E-state index in [2.05, 4.69) is 0 Å². The van der Waals surface area contributed by atoms with Crippen molar-refractivity contribution < 1.29 is 18.7 Å². The number of carbonyl (C=O) groups is 2. The molecule has 0 heterocycles. The fourth-order valence-electron chi connectivity index (χ4n) is 2.19. The van der Waals surface area contributed by atoms with Crippen LogP contribution in [0.25, 0.3) is 6.08 Å². The van der Waals surface area contributed by atoms with Crippen LogP contribution < -0.4 is 0 Å². The summed E-state index contributed by atoms with van der Waals surface area (Å²) in [6, 6.07) is 6.55. The summed E-state index contributed by atoms with van der Waals surface area (Å²) in [5.74, 6) is -1.51. The average molecular weight is 262 g/mol. The minimum atomic E-state index is -2.40. The van der Waals surface area contributed by atoms with Gasteiger partial charge in [-0.25, -0.2) is 9.18 Å². The van der Waals surface area contributed by atoms with E-state index in [1.54, 1.807) is 32.0 Å². The maximum Gasteiger partial charge on any atom is 0.338 e. The number of Topliss-reactive ketones (excluding diaryl/α,β-unsaturated/α-hetero) is 1. The molecule has 1 aliphatic rings. The van der Waals surface area contributed by atoms with Gasteiger partial charge in [0.05, 0.1) is 11.7 Å². The summed E-state index contributed by atoms with van der Waals surface area (Å²) in [7, 11) is 0. The Hall–Kier alpha value is -1.97. The van der Waals surface area contributed by atoms with Crippen molar-refractivity contribution in [2.75, 3.05) is 0 Å². The maximum atomic E-state index is 15.1. The number of carbonyl (C=O) groups excluding carboxylic acids is 2. The van der Waals surface area contributed by atoms with Crippen molar-refractivity contribution in [1.29, 1.82) is 0 Å². The Morgan fingerprint density at radius 1 is 1.26 bits per heavy atom. The second-order valence-electron chi connectivity index (χ2n) is 4.81. The van der Waals surface area contributed by atoms with Crippen molar-refractivity contribution in [3.05, 3.63) is 41.0 Å². The highest BCUT2D eigenvalue weighted by Gasteiger charge is 2.50. The van der Waals surface area contributed by atoms with Gasteiger partial charge in [-0.15, -0.1) is 0 Å². The number of benzene rings is 1. The molecule has 100 valence electrons. The van der Waals surface area contributed by atoms with Gasteiger partial charge in [-0.2, -0.15) is 0 Å². The zero-order valence-electron chi connectivity index (χ0n) is 11.1. The second kappa shape index (κ2) is 4.61. The van der Waals surface area contributed by atoms with Crippen LogP contribution in [0, 0.1) is 0 Å². The van der Waals surface area contributed by atoms with E-state index in [0.717, 1.165) is 6.92 Å². The van der Waals surface area contributed by atoms with Gasteiger partial charge in [0.15, 0.2) is 5.78 Å². The summed E-state index contributed by atoms with van der Waals surface area (Å²) in [6.07, 6.45) is 1.02. The number of rotatable bonds is 3. The predicted molar refractivity (Wildman–Crippen MR) is 69.1 cm³/mol. The quantitative estimate of drug-likeness (QED) is 0.787. The summed E-state index contributed by atoms with van der Waals surface area (Å²) in [4.78, 5) is 23.7. The Morgan fingerprint density at radius 3 is 2.47 bits per heavy atom. The predicted octanol–water partition coefficient (Wildman–Crippen LogP) is 2.79. The Labute approximate surface area is 111 Å². The van der Waals surface area contributed by atoms with Crippen LogP contribution in [0.1, 0.15) is 31.9 Å². The number of esters is 1. The van der Waals surface area contributed by atoms with Gasteiger partial charge in [-0.05, 0) is 32.4 Å². The summed E-state index contributed by atoms with van der Waals surface area (Å²) < 4.78 is 20.1. The second-order valence-corrected chi connectivity index (χ2v) is 4.81. The van der Waals surface area contributed by atoms with E-state index in [4.69, 9.17) is 4.74 Å². The lowest BCUT2D eigenvalue weighted by Gasteiger charge is -2.21. The molecule has 0 fully saturated rings. The number of ether oxygens (including phenoxy) is 1. The zero-order valence-corrected chi connectivity index (χ0v) is 11.1. The van der Waals surface area contributed by atoms with Gasteiger partial charge in [0.1, 0.15) is 0 Å². The topological polar surface area (TPSA) is 43.4 Å². The third kappa shape index (κ3) is 2.07. The standard InChI is InChI=1S/C15H15FO3/c1-9(2)19-14(18)13-8-11-6-4-5-7-12(11)15(13,16)10(3)17/h4-9H,1-3H3. The summed E-state index contributed by atoms with van der Waals surface area (Å²) >= 11 is 0. The Balaban J connectivity index is 2.51. The van der Waals surface area contributed by atoms with Gasteiger partial charge < -0.3 is 4.74 Å². The molecule has 1 unspecified atom stereocenters. The first-order chi connectivity index (χ1) is 8.87. The summed E-state index contributed by atoms with van der Waals surface area (Å²) in [5, 5.41) is 0. The number of hydrogen-bond donors (Lipinski definition) is 0. The van der Waals surface area contributed by atoms with Gasteiger partial charge in [0.25, 0.3) is 0 Å². The van der Waals surface area contributed by atoms with Crippen LogP contribution in [0.4, 0.5) is 4.39 Å². The average Bonchev–Trinajstić information content (AvgIpc) is 2.64. The lowest BCUT2D eigenvalue weighted by atomic mass is 9.88. The van der Waals surface area contributed by atoms with Crippen molar-refractivity contribution in [3.8, 4) is 0 Å². The van der Waals surface area contributed by atoms with Crippen LogP contribution in [-0.4, -0.2) is 17.9 Å². The first-order valence-electron chi connectivity index (χ1n) is 6.10. The molecule has 0 aromatic heterocycles. The molecular weight excluding hydrogens is 247 g/mol. The van der Waals surface area contributed by atoms with Crippen molar-refractivity contribution in [2.24, 2.45) is 0 Å². The molecule has 1 aliphatic carbocycles. The van der Waals surface area contributed by atoms with Crippen LogP contribution in [0.5, 0.6) is 0 Å². The molecule has 0 amide bonds. The first-order valence-corrected chi connectivity index (χ1v) is 6.10. The molecule has 3 nitrogen and oxygen atoms in total. The zero-order chi connectivity index (χ0) is 14.2. The molecule has 0 saturated carbocycles. The van der Waals surface area contributed by atoms with Crippen molar-refractivity contribution in [1.82, 2.24) is 0 Å². The molecular formula is C15H15FO3. The van der Waals surface area contributed by atoms with E-state index in [-0.39, 0.29) is 17.2 Å². The van der Waals surface area contributed by atoms with E-state index in [9.17, 15) is 9.59 Å². The van der Waals surface area contributed by atoms with Gasteiger partial charge >= 0.3 is 5.97 Å². The molecule has 0 bridgehead atoms. The fraction of sp³-hybridized carbons (Fsp3) is 0.333. The van der Waals surface area contributed by atoms with Crippen molar-refractivity contribution in [2.45, 2.75) is 32.5 Å². The van der Waals surface area contributed by atoms with Crippen molar-refractivity contribution >= 4 is 17.8 Å². The normalized spacial score (nSPS) is 21.0. The molecule has 1 atom stereocenters. The Morgan fingerprint density at radius 2 is 1.89 bits per heavy atom. The molecule has 0 saturated heterocycles. The van der Waals surface area contributed by atoms with Crippen LogP contribution in [-0.2, 0) is 20.0 Å². The molecule has 2 rings (SSSR count). The van der Waals surface area contributed by atoms with Crippen LogP contribution in [0.15, 0.2) is 29.8 Å². The van der Waals surface area contributed by atoms with E-state index in [1.807, 2.05) is 0 Å². The van der Waals surface area contributed by atoms with Gasteiger partial charge in [0, 0.05) is 5.56 Å². The van der Waals surface area contributed by atoms with E-state index >= 15 is 4.39 Å². The first kappa shape index (κ1) is 13.5. The van der Waals surface area contributed by atoms with E-state index < -0.39 is 17.4 Å². The van der Waals surface area contributed by atoms with Crippen molar-refractivity contribution in [3.63, 3.8) is 0 Å².